The zero-order valence-electron chi connectivity index (χ0n) is 12.9. The number of benzene rings is 2. The molecular formula is C17H13N5O3. The van der Waals surface area contributed by atoms with Crippen molar-refractivity contribution in [3.63, 3.8) is 0 Å². The van der Waals surface area contributed by atoms with E-state index in [0.29, 0.717) is 11.3 Å². The summed E-state index contributed by atoms with van der Waals surface area (Å²) in [4.78, 5) is 28.8. The second-order valence-corrected chi connectivity index (χ2v) is 5.06. The van der Waals surface area contributed by atoms with Crippen molar-refractivity contribution in [2.45, 2.75) is 0 Å². The Balaban J connectivity index is 1.76. The Hall–Kier alpha value is -3.81. The molecule has 8 nitrogen and oxygen atoms in total. The molecule has 3 rings (SSSR count). The molecule has 0 spiro atoms. The molecule has 25 heavy (non-hydrogen) atoms. The van der Waals surface area contributed by atoms with Crippen molar-refractivity contribution in [1.29, 1.82) is 0 Å². The molecule has 2 aromatic carbocycles. The molecule has 8 heteroatoms. The van der Waals surface area contributed by atoms with Crippen LogP contribution in [0.5, 0.6) is 0 Å². The van der Waals surface area contributed by atoms with Gasteiger partial charge in [0.05, 0.1) is 16.8 Å². The van der Waals surface area contributed by atoms with E-state index in [1.807, 2.05) is 30.3 Å². The zero-order chi connectivity index (χ0) is 17.6. The summed E-state index contributed by atoms with van der Waals surface area (Å²) in [6, 6.07) is 16.6. The number of H-pyrrole nitrogens is 1. The minimum atomic E-state index is -0.469. The fraction of sp³-hybridized carbons (Fsp3) is 0. The van der Waals surface area contributed by atoms with E-state index in [1.54, 1.807) is 12.1 Å². The number of aromatic nitrogens is 2. The molecule has 0 bridgehead atoms. The normalized spacial score (nSPS) is 10.7. The smallest absolute Gasteiger partial charge is 0.269 e. The van der Waals surface area contributed by atoms with Crippen LogP contribution in [0.4, 0.5) is 11.6 Å². The summed E-state index contributed by atoms with van der Waals surface area (Å²) in [6.07, 6.45) is 1.47. The molecule has 0 aliphatic heterocycles. The fourth-order valence-corrected chi connectivity index (χ4v) is 2.12. The van der Waals surface area contributed by atoms with Crippen molar-refractivity contribution in [3.8, 4) is 11.3 Å². The van der Waals surface area contributed by atoms with E-state index in [0.717, 1.165) is 5.56 Å². The molecule has 1 heterocycles. The molecule has 0 atom stereocenters. The minimum Gasteiger partial charge on any atom is -0.291 e. The number of aromatic amines is 1. The summed E-state index contributed by atoms with van der Waals surface area (Å²) in [5, 5.41) is 14.6. The second kappa shape index (κ2) is 7.18. The van der Waals surface area contributed by atoms with Gasteiger partial charge in [-0.25, -0.2) is 10.4 Å². The van der Waals surface area contributed by atoms with Crippen molar-refractivity contribution >= 4 is 17.9 Å². The first kappa shape index (κ1) is 16.1. The lowest BCUT2D eigenvalue weighted by Crippen LogP contribution is -2.10. The lowest BCUT2D eigenvalue weighted by molar-refractivity contribution is -0.384. The average molecular weight is 335 g/mol. The molecule has 0 amide bonds. The predicted molar refractivity (Wildman–Crippen MR) is 94.6 cm³/mol. The van der Waals surface area contributed by atoms with Crippen LogP contribution < -0.4 is 11.0 Å². The number of hydrogen-bond acceptors (Lipinski definition) is 6. The molecule has 0 saturated carbocycles. The highest BCUT2D eigenvalue weighted by Crippen LogP contribution is 2.15. The molecule has 124 valence electrons. The molecule has 0 aliphatic rings. The van der Waals surface area contributed by atoms with Gasteiger partial charge in [-0.2, -0.15) is 5.10 Å². The van der Waals surface area contributed by atoms with Crippen molar-refractivity contribution in [1.82, 2.24) is 9.97 Å². The summed E-state index contributed by atoms with van der Waals surface area (Å²) in [5.74, 6) is 0.199. The predicted octanol–water partition coefficient (Wildman–Crippen LogP) is 2.79. The van der Waals surface area contributed by atoms with E-state index >= 15 is 0 Å². The van der Waals surface area contributed by atoms with Gasteiger partial charge in [-0.05, 0) is 17.7 Å². The van der Waals surface area contributed by atoms with E-state index in [9.17, 15) is 14.9 Å². The first-order valence-electron chi connectivity index (χ1n) is 7.32. The summed E-state index contributed by atoms with van der Waals surface area (Å²) >= 11 is 0. The van der Waals surface area contributed by atoms with E-state index < -0.39 is 4.92 Å². The van der Waals surface area contributed by atoms with Gasteiger partial charge in [-0.1, -0.05) is 30.3 Å². The quantitative estimate of drug-likeness (QED) is 0.423. The van der Waals surface area contributed by atoms with Gasteiger partial charge in [0.25, 0.3) is 11.2 Å². The average Bonchev–Trinajstić information content (AvgIpc) is 2.62. The van der Waals surface area contributed by atoms with Crippen LogP contribution in [0, 0.1) is 10.1 Å². The molecule has 0 unspecified atom stereocenters. The number of nitro groups is 1. The number of non-ortho nitro benzene ring substituents is 1. The molecule has 1 aromatic heterocycles. The van der Waals surface area contributed by atoms with Crippen LogP contribution in [0.2, 0.25) is 0 Å². The maximum atomic E-state index is 11.8. The fourth-order valence-electron chi connectivity index (χ4n) is 2.12. The van der Waals surface area contributed by atoms with Crippen LogP contribution in [0.25, 0.3) is 11.3 Å². The Kier molecular flexibility index (Phi) is 4.61. The number of nitrogens with zero attached hydrogens (tertiary/aromatic N) is 3. The van der Waals surface area contributed by atoms with Gasteiger partial charge in [0.2, 0.25) is 5.95 Å². The molecular weight excluding hydrogens is 322 g/mol. The standard InChI is InChI=1S/C17H13N5O3/c23-16-10-15(13-4-2-1-3-5-13)19-17(20-16)21-18-11-12-6-8-14(9-7-12)22(24)25/h1-11H,(H2,19,20,21,23)/b18-11-. The summed E-state index contributed by atoms with van der Waals surface area (Å²) in [6.45, 7) is 0. The first-order valence-corrected chi connectivity index (χ1v) is 7.32. The largest absolute Gasteiger partial charge is 0.291 e. The van der Waals surface area contributed by atoms with Crippen LogP contribution >= 0.6 is 0 Å². The van der Waals surface area contributed by atoms with Crippen LogP contribution in [-0.2, 0) is 0 Å². The van der Waals surface area contributed by atoms with E-state index in [2.05, 4.69) is 20.5 Å². The van der Waals surface area contributed by atoms with Crippen LogP contribution in [-0.4, -0.2) is 21.1 Å². The van der Waals surface area contributed by atoms with Gasteiger partial charge in [0.1, 0.15) is 0 Å². The van der Waals surface area contributed by atoms with Crippen molar-refractivity contribution in [3.05, 3.63) is 86.7 Å². The third-order valence-electron chi connectivity index (χ3n) is 3.30. The Morgan fingerprint density at radius 1 is 1.12 bits per heavy atom. The highest BCUT2D eigenvalue weighted by atomic mass is 16.6. The number of anilines is 1. The number of nitrogens with one attached hydrogen (secondary N) is 2. The Bertz CT molecular complexity index is 966. The minimum absolute atomic E-state index is 0.00617. The highest BCUT2D eigenvalue weighted by molar-refractivity contribution is 5.80. The second-order valence-electron chi connectivity index (χ2n) is 5.06. The van der Waals surface area contributed by atoms with Crippen molar-refractivity contribution in [2.75, 3.05) is 5.43 Å². The Morgan fingerprint density at radius 2 is 1.84 bits per heavy atom. The first-order chi connectivity index (χ1) is 12.1. The number of hydrogen-bond donors (Lipinski definition) is 2. The van der Waals surface area contributed by atoms with Crippen molar-refractivity contribution < 1.29 is 4.92 Å². The van der Waals surface area contributed by atoms with E-state index in [4.69, 9.17) is 0 Å². The van der Waals surface area contributed by atoms with Crippen LogP contribution in [0.3, 0.4) is 0 Å². The third-order valence-corrected chi connectivity index (χ3v) is 3.30. The number of nitro benzene ring substituents is 1. The molecule has 0 saturated heterocycles. The lowest BCUT2D eigenvalue weighted by Gasteiger charge is -2.03. The Morgan fingerprint density at radius 3 is 2.52 bits per heavy atom. The molecule has 2 N–H and O–H groups in total. The van der Waals surface area contributed by atoms with E-state index in [1.165, 1.54) is 24.4 Å². The van der Waals surface area contributed by atoms with Gasteiger partial charge in [-0.3, -0.25) is 19.9 Å². The maximum absolute atomic E-state index is 11.8. The molecule has 0 aliphatic carbocycles. The number of rotatable bonds is 5. The topological polar surface area (TPSA) is 113 Å². The van der Waals surface area contributed by atoms with Gasteiger partial charge in [0, 0.05) is 23.8 Å². The molecule has 3 aromatic rings. The molecule has 0 fully saturated rings. The summed E-state index contributed by atoms with van der Waals surface area (Å²) in [5.41, 5.74) is 4.36. The Labute approximate surface area is 142 Å². The van der Waals surface area contributed by atoms with Gasteiger partial charge < -0.3 is 0 Å². The van der Waals surface area contributed by atoms with Gasteiger partial charge in [0.15, 0.2) is 0 Å². The highest BCUT2D eigenvalue weighted by Gasteiger charge is 2.04. The van der Waals surface area contributed by atoms with Crippen LogP contribution in [0.1, 0.15) is 5.56 Å². The lowest BCUT2D eigenvalue weighted by atomic mass is 10.1. The summed E-state index contributed by atoms with van der Waals surface area (Å²) < 4.78 is 0. The summed E-state index contributed by atoms with van der Waals surface area (Å²) in [7, 11) is 0. The van der Waals surface area contributed by atoms with Gasteiger partial charge >= 0.3 is 0 Å². The number of hydrazone groups is 1. The van der Waals surface area contributed by atoms with Crippen LogP contribution in [0.15, 0.2) is 70.6 Å². The molecule has 0 radical (unpaired) electrons. The zero-order valence-corrected chi connectivity index (χ0v) is 12.9. The van der Waals surface area contributed by atoms with Gasteiger partial charge in [-0.15, -0.1) is 0 Å². The third kappa shape index (κ3) is 4.14. The van der Waals surface area contributed by atoms with E-state index in [-0.39, 0.29) is 17.2 Å². The van der Waals surface area contributed by atoms with Crippen molar-refractivity contribution in [2.24, 2.45) is 5.10 Å². The SMILES string of the molecule is O=c1cc(-c2ccccc2)nc(N/N=C\c2ccc([N+](=O)[O-])cc2)[nH]1. The maximum Gasteiger partial charge on any atom is 0.269 e. The monoisotopic (exact) mass is 335 g/mol.